The van der Waals surface area contributed by atoms with Crippen LogP contribution in [-0.2, 0) is 4.79 Å². The molecule has 2 atom stereocenters. The molecular formula is C28H39ClF2N8O2. The van der Waals surface area contributed by atoms with E-state index in [0.29, 0.717) is 24.0 Å². The number of hydrogen-bond donors (Lipinski definition) is 3. The zero-order valence-electron chi connectivity index (χ0n) is 23.4. The van der Waals surface area contributed by atoms with Gasteiger partial charge in [-0.1, -0.05) is 24.4 Å². The maximum atomic E-state index is 13.4. The lowest BCUT2D eigenvalue weighted by Crippen LogP contribution is -2.52. The van der Waals surface area contributed by atoms with Gasteiger partial charge in [-0.3, -0.25) is 9.69 Å². The fourth-order valence-electron chi connectivity index (χ4n) is 6.15. The number of primary amides is 1. The van der Waals surface area contributed by atoms with Crippen LogP contribution < -0.4 is 26.0 Å². The van der Waals surface area contributed by atoms with Gasteiger partial charge >= 0.3 is 6.61 Å². The second-order valence-corrected chi connectivity index (χ2v) is 11.6. The summed E-state index contributed by atoms with van der Waals surface area (Å²) in [4.78, 5) is 27.8. The molecule has 2 aliphatic heterocycles. The van der Waals surface area contributed by atoms with E-state index in [-0.39, 0.29) is 34.6 Å². The molecule has 1 amide bonds. The Balaban J connectivity index is 1.27. The van der Waals surface area contributed by atoms with E-state index < -0.39 is 6.61 Å². The predicted octanol–water partition coefficient (Wildman–Crippen LogP) is 4.15. The second kappa shape index (κ2) is 13.3. The van der Waals surface area contributed by atoms with Crippen LogP contribution in [0.2, 0.25) is 5.02 Å². The van der Waals surface area contributed by atoms with Crippen LogP contribution in [0.15, 0.2) is 24.4 Å². The number of carbonyl (C=O) groups excluding carboxylic acids is 1. The topological polar surface area (TPSA) is 112 Å². The van der Waals surface area contributed by atoms with Crippen LogP contribution in [-0.4, -0.2) is 90.7 Å². The summed E-state index contributed by atoms with van der Waals surface area (Å²) < 4.78 is 31.7. The first-order chi connectivity index (χ1) is 19.8. The van der Waals surface area contributed by atoms with E-state index in [1.165, 1.54) is 6.20 Å². The molecule has 41 heavy (non-hydrogen) atoms. The lowest BCUT2D eigenvalue weighted by atomic mass is 9.84. The molecule has 1 aromatic carbocycles. The van der Waals surface area contributed by atoms with Gasteiger partial charge in [0.15, 0.2) is 11.6 Å². The number of likely N-dealkylation sites (N-methyl/N-ethyl adjacent to an activating group) is 1. The van der Waals surface area contributed by atoms with E-state index in [2.05, 4.69) is 42.3 Å². The third-order valence-electron chi connectivity index (χ3n) is 8.51. The molecule has 10 nitrogen and oxygen atoms in total. The van der Waals surface area contributed by atoms with Gasteiger partial charge in [-0.15, -0.1) is 0 Å². The molecule has 0 radical (unpaired) electrons. The quantitative estimate of drug-likeness (QED) is 0.395. The van der Waals surface area contributed by atoms with Crippen molar-refractivity contribution in [3.05, 3.63) is 29.4 Å². The zero-order valence-corrected chi connectivity index (χ0v) is 24.1. The monoisotopic (exact) mass is 592 g/mol. The molecule has 1 aromatic heterocycles. The van der Waals surface area contributed by atoms with E-state index in [1.807, 2.05) is 6.07 Å². The number of amides is 1. The van der Waals surface area contributed by atoms with Crippen LogP contribution >= 0.6 is 11.6 Å². The van der Waals surface area contributed by atoms with Crippen LogP contribution in [0.1, 0.15) is 38.5 Å². The van der Waals surface area contributed by atoms with Crippen molar-refractivity contribution in [1.29, 1.82) is 0 Å². The fourth-order valence-corrected chi connectivity index (χ4v) is 6.30. The maximum Gasteiger partial charge on any atom is 0.387 e. The maximum absolute atomic E-state index is 13.4. The smallest absolute Gasteiger partial charge is 0.387 e. The van der Waals surface area contributed by atoms with Crippen molar-refractivity contribution < 1.29 is 18.3 Å². The number of nitrogens with zero attached hydrogens (tertiary/aromatic N) is 5. The molecule has 3 fully saturated rings. The van der Waals surface area contributed by atoms with Gasteiger partial charge in [-0.2, -0.15) is 13.8 Å². The van der Waals surface area contributed by atoms with E-state index in [0.717, 1.165) is 77.1 Å². The minimum absolute atomic E-state index is 0.00724. The van der Waals surface area contributed by atoms with Gasteiger partial charge in [0.2, 0.25) is 11.9 Å². The van der Waals surface area contributed by atoms with Gasteiger partial charge in [0.05, 0.1) is 17.8 Å². The van der Waals surface area contributed by atoms with Gasteiger partial charge in [-0.25, -0.2) is 4.98 Å². The Bertz CT molecular complexity index is 1190. The Morgan fingerprint density at radius 3 is 2.54 bits per heavy atom. The first-order valence-electron chi connectivity index (χ1n) is 14.4. The molecule has 0 bridgehead atoms. The number of hydrogen-bond acceptors (Lipinski definition) is 9. The molecule has 4 N–H and O–H groups in total. The van der Waals surface area contributed by atoms with Crippen LogP contribution in [0.5, 0.6) is 5.75 Å². The van der Waals surface area contributed by atoms with Crippen molar-refractivity contribution in [2.24, 2.45) is 11.7 Å². The number of nitrogens with one attached hydrogen (secondary N) is 2. The number of piperazine rings is 1. The SMILES string of the molecule is CN1CCN(C2CCN(c3ccc(Nc4ncc(Cl)c(N[C@@H]5CCCC[C@@H]5C(N)=O)n4)c(OC(F)F)c3)CC2)CC1. The summed E-state index contributed by atoms with van der Waals surface area (Å²) in [6.45, 7) is 3.06. The largest absolute Gasteiger partial charge is 0.433 e. The number of aromatic nitrogens is 2. The van der Waals surface area contributed by atoms with E-state index in [1.54, 1.807) is 12.1 Å². The van der Waals surface area contributed by atoms with E-state index in [9.17, 15) is 13.6 Å². The van der Waals surface area contributed by atoms with Crippen molar-refractivity contribution in [3.63, 3.8) is 0 Å². The molecular weight excluding hydrogens is 554 g/mol. The number of halogens is 3. The molecule has 2 saturated heterocycles. The molecule has 0 spiro atoms. The average Bonchev–Trinajstić information content (AvgIpc) is 2.96. The van der Waals surface area contributed by atoms with Gasteiger partial charge in [-0.05, 0) is 44.9 Å². The molecule has 13 heteroatoms. The molecule has 1 aliphatic carbocycles. The zero-order chi connectivity index (χ0) is 28.9. The summed E-state index contributed by atoms with van der Waals surface area (Å²) in [5.74, 6) is -0.172. The Morgan fingerprint density at radius 2 is 1.83 bits per heavy atom. The molecule has 3 aliphatic rings. The standard InChI is InChI=1S/C28H39ClF2N8O2/c1-37-12-14-39(15-13-37)18-8-10-38(11-9-18)19-6-7-23(24(16-19)41-27(30)31)35-28-33-17-21(29)26(36-28)34-22-5-3-2-4-20(22)25(32)40/h6-7,16-18,20,22,27H,2-5,8-15H2,1H3,(H2,32,40)(H2,33,34,35,36)/t20-,22+/m0/s1. The molecule has 5 rings (SSSR count). The Kier molecular flexibility index (Phi) is 9.61. The van der Waals surface area contributed by atoms with Crippen LogP contribution in [0.3, 0.4) is 0 Å². The van der Waals surface area contributed by atoms with Crippen molar-refractivity contribution in [2.45, 2.75) is 57.2 Å². The third-order valence-corrected chi connectivity index (χ3v) is 8.79. The summed E-state index contributed by atoms with van der Waals surface area (Å²) in [6, 6.07) is 5.59. The van der Waals surface area contributed by atoms with Crippen LogP contribution in [0, 0.1) is 5.92 Å². The number of ether oxygens (including phenoxy) is 1. The number of carbonyl (C=O) groups is 1. The van der Waals surface area contributed by atoms with E-state index in [4.69, 9.17) is 22.1 Å². The average molecular weight is 593 g/mol. The highest BCUT2D eigenvalue weighted by Crippen LogP contribution is 2.35. The summed E-state index contributed by atoms with van der Waals surface area (Å²) in [5.41, 5.74) is 6.75. The Labute approximate surface area is 244 Å². The van der Waals surface area contributed by atoms with Crippen molar-refractivity contribution in [1.82, 2.24) is 19.8 Å². The fraction of sp³-hybridized carbons (Fsp3) is 0.607. The lowest BCUT2D eigenvalue weighted by Gasteiger charge is -2.42. The number of alkyl halides is 2. The van der Waals surface area contributed by atoms with Crippen molar-refractivity contribution >= 4 is 40.6 Å². The van der Waals surface area contributed by atoms with Crippen LogP contribution in [0.25, 0.3) is 0 Å². The number of nitrogens with two attached hydrogens (primary N) is 1. The summed E-state index contributed by atoms with van der Waals surface area (Å²) in [7, 11) is 2.16. The number of benzene rings is 1. The van der Waals surface area contributed by atoms with Crippen LogP contribution in [0.4, 0.5) is 31.9 Å². The minimum atomic E-state index is -2.99. The third kappa shape index (κ3) is 7.47. The first kappa shape index (κ1) is 29.5. The number of anilines is 4. The summed E-state index contributed by atoms with van der Waals surface area (Å²) >= 11 is 6.35. The molecule has 0 unspecified atom stereocenters. The lowest BCUT2D eigenvalue weighted by molar-refractivity contribution is -0.122. The highest BCUT2D eigenvalue weighted by atomic mass is 35.5. The van der Waals surface area contributed by atoms with Gasteiger partial charge in [0.1, 0.15) is 5.02 Å². The molecule has 224 valence electrons. The number of rotatable bonds is 9. The summed E-state index contributed by atoms with van der Waals surface area (Å²) in [6.07, 6.45) is 6.85. The highest BCUT2D eigenvalue weighted by Gasteiger charge is 2.30. The molecule has 1 saturated carbocycles. The predicted molar refractivity (Wildman–Crippen MR) is 156 cm³/mol. The Morgan fingerprint density at radius 1 is 1.10 bits per heavy atom. The molecule has 3 heterocycles. The normalized spacial score (nSPS) is 23.0. The van der Waals surface area contributed by atoms with Gasteiger partial charge < -0.3 is 30.9 Å². The second-order valence-electron chi connectivity index (χ2n) is 11.2. The minimum Gasteiger partial charge on any atom is -0.433 e. The number of piperidine rings is 1. The van der Waals surface area contributed by atoms with Crippen molar-refractivity contribution in [3.8, 4) is 5.75 Å². The van der Waals surface area contributed by atoms with Gasteiger partial charge in [0.25, 0.3) is 0 Å². The summed E-state index contributed by atoms with van der Waals surface area (Å²) in [5, 5.41) is 6.53. The Hall–Kier alpha value is -2.96. The van der Waals surface area contributed by atoms with E-state index >= 15 is 0 Å². The highest BCUT2D eigenvalue weighted by molar-refractivity contribution is 6.32. The van der Waals surface area contributed by atoms with Gasteiger partial charge in [0, 0.05) is 63.1 Å². The molecule has 2 aromatic rings. The first-order valence-corrected chi connectivity index (χ1v) is 14.8. The van der Waals surface area contributed by atoms with Crippen molar-refractivity contribution in [2.75, 3.05) is 61.8 Å².